The highest BCUT2D eigenvalue weighted by atomic mass is 16.5. The van der Waals surface area contributed by atoms with E-state index in [2.05, 4.69) is 44.1 Å². The fraction of sp³-hybridized carbons (Fsp3) is 0.360. The monoisotopic (exact) mass is 457 g/mol. The molecule has 9 heteroatoms. The number of likely N-dealkylation sites (tertiary alicyclic amines) is 1. The van der Waals surface area contributed by atoms with Crippen LogP contribution in [0.3, 0.4) is 0 Å². The van der Waals surface area contributed by atoms with Gasteiger partial charge in [0.2, 0.25) is 5.91 Å². The molecule has 174 valence electrons. The molecule has 0 aliphatic carbocycles. The minimum Gasteiger partial charge on any atom is -0.382 e. The molecule has 1 aromatic carbocycles. The van der Waals surface area contributed by atoms with E-state index in [4.69, 9.17) is 10.5 Å². The smallest absolute Gasteiger partial charge is 0.222 e. The van der Waals surface area contributed by atoms with Crippen molar-refractivity contribution in [2.24, 2.45) is 0 Å². The van der Waals surface area contributed by atoms with Crippen molar-refractivity contribution in [3.63, 3.8) is 0 Å². The first-order valence-corrected chi connectivity index (χ1v) is 11.8. The number of rotatable bonds is 5. The zero-order valence-electron chi connectivity index (χ0n) is 18.9. The molecular weight excluding hydrogens is 430 g/mol. The SMILES string of the molecule is Nc1ncnn2c(-c3cccc(CN4CCCC4=O)c3)cc(-c3ccnn3C3CCOCC3)c12. The second kappa shape index (κ2) is 8.57. The summed E-state index contributed by atoms with van der Waals surface area (Å²) < 4.78 is 9.50. The van der Waals surface area contributed by atoms with Gasteiger partial charge in [-0.2, -0.15) is 10.2 Å². The molecule has 9 nitrogen and oxygen atoms in total. The van der Waals surface area contributed by atoms with Gasteiger partial charge in [-0.1, -0.05) is 18.2 Å². The standard InChI is InChI=1S/C25H27N7O2/c26-25-24-20(21-6-9-28-31(21)19-7-11-34-12-8-19)14-22(32(24)29-16-27-25)18-4-1-3-17(13-18)15-30-10-2-5-23(30)33/h1,3-4,6,9,13-14,16,19H,2,5,7-8,10-12,15H2,(H2,26,27,29). The van der Waals surface area contributed by atoms with E-state index in [0.29, 0.717) is 18.8 Å². The van der Waals surface area contributed by atoms with Crippen LogP contribution in [0, 0.1) is 0 Å². The van der Waals surface area contributed by atoms with Gasteiger partial charge in [-0.3, -0.25) is 9.48 Å². The van der Waals surface area contributed by atoms with Gasteiger partial charge in [-0.25, -0.2) is 9.50 Å². The van der Waals surface area contributed by atoms with Gasteiger partial charge >= 0.3 is 0 Å². The summed E-state index contributed by atoms with van der Waals surface area (Å²) >= 11 is 0. The van der Waals surface area contributed by atoms with E-state index in [9.17, 15) is 4.79 Å². The number of benzene rings is 1. The van der Waals surface area contributed by atoms with E-state index in [1.165, 1.54) is 6.33 Å². The number of fused-ring (bicyclic) bond motifs is 1. The van der Waals surface area contributed by atoms with Crippen LogP contribution in [0.15, 0.2) is 48.9 Å². The number of anilines is 1. The molecule has 2 saturated heterocycles. The topological polar surface area (TPSA) is 104 Å². The summed E-state index contributed by atoms with van der Waals surface area (Å²) in [6, 6.07) is 12.7. The normalized spacial score (nSPS) is 17.2. The molecule has 2 aliphatic heterocycles. The Bertz CT molecular complexity index is 1350. The maximum atomic E-state index is 12.1. The Morgan fingerprint density at radius 2 is 1.97 bits per heavy atom. The minimum absolute atomic E-state index is 0.225. The molecule has 34 heavy (non-hydrogen) atoms. The van der Waals surface area contributed by atoms with E-state index < -0.39 is 0 Å². The third-order valence-electron chi connectivity index (χ3n) is 6.83. The fourth-order valence-electron chi connectivity index (χ4n) is 5.14. The highest BCUT2D eigenvalue weighted by Gasteiger charge is 2.24. The first kappa shape index (κ1) is 20.9. The molecule has 0 unspecified atom stereocenters. The first-order chi connectivity index (χ1) is 16.7. The molecule has 4 aromatic rings. The molecule has 0 atom stereocenters. The molecular formula is C25H27N7O2. The third-order valence-corrected chi connectivity index (χ3v) is 6.83. The quantitative estimate of drug-likeness (QED) is 0.493. The second-order valence-corrected chi connectivity index (χ2v) is 8.97. The molecule has 0 radical (unpaired) electrons. The van der Waals surface area contributed by atoms with Gasteiger partial charge in [0, 0.05) is 50.0 Å². The van der Waals surface area contributed by atoms with Crippen molar-refractivity contribution in [3.05, 3.63) is 54.5 Å². The lowest BCUT2D eigenvalue weighted by molar-refractivity contribution is -0.128. The summed E-state index contributed by atoms with van der Waals surface area (Å²) in [5, 5.41) is 9.19. The average molecular weight is 458 g/mol. The number of nitrogen functional groups attached to an aromatic ring is 1. The summed E-state index contributed by atoms with van der Waals surface area (Å²) in [6.45, 7) is 2.92. The number of aromatic nitrogens is 5. The molecule has 0 bridgehead atoms. The molecule has 6 rings (SSSR count). The molecule has 2 aliphatic rings. The molecule has 1 amide bonds. The van der Waals surface area contributed by atoms with Crippen LogP contribution in [-0.4, -0.2) is 54.9 Å². The molecule has 3 aromatic heterocycles. The third kappa shape index (κ3) is 3.62. The summed E-state index contributed by atoms with van der Waals surface area (Å²) in [6.07, 6.45) is 6.75. The predicted octanol–water partition coefficient (Wildman–Crippen LogP) is 3.32. The van der Waals surface area contributed by atoms with Crippen LogP contribution in [0.25, 0.3) is 28.0 Å². The number of nitrogens with zero attached hydrogens (tertiary/aromatic N) is 6. The highest BCUT2D eigenvalue weighted by molar-refractivity contribution is 5.91. The Morgan fingerprint density at radius 3 is 2.79 bits per heavy atom. The summed E-state index contributed by atoms with van der Waals surface area (Å²) in [5.74, 6) is 0.650. The Kier molecular flexibility index (Phi) is 5.26. The predicted molar refractivity (Wildman–Crippen MR) is 128 cm³/mol. The van der Waals surface area contributed by atoms with Crippen molar-refractivity contribution in [1.82, 2.24) is 29.3 Å². The molecule has 2 fully saturated rings. The van der Waals surface area contributed by atoms with E-state index in [0.717, 1.165) is 72.6 Å². The van der Waals surface area contributed by atoms with Gasteiger partial charge in [0.15, 0.2) is 5.82 Å². The van der Waals surface area contributed by atoms with Crippen molar-refractivity contribution in [2.75, 3.05) is 25.5 Å². The van der Waals surface area contributed by atoms with Gasteiger partial charge in [-0.05, 0) is 43.0 Å². The van der Waals surface area contributed by atoms with Gasteiger partial charge < -0.3 is 15.4 Å². The Hall–Kier alpha value is -3.72. The average Bonchev–Trinajstić information content (AvgIpc) is 3.59. The minimum atomic E-state index is 0.225. The number of hydrogen-bond donors (Lipinski definition) is 1. The molecule has 5 heterocycles. The largest absolute Gasteiger partial charge is 0.382 e. The maximum Gasteiger partial charge on any atom is 0.222 e. The van der Waals surface area contributed by atoms with Gasteiger partial charge in [0.05, 0.1) is 17.4 Å². The number of carbonyl (C=O) groups excluding carboxylic acids is 1. The van der Waals surface area contributed by atoms with Gasteiger partial charge in [-0.15, -0.1) is 0 Å². The Labute approximate surface area is 197 Å². The highest BCUT2D eigenvalue weighted by Crippen LogP contribution is 2.37. The fourth-order valence-corrected chi connectivity index (χ4v) is 5.14. The maximum absolute atomic E-state index is 12.1. The van der Waals surface area contributed by atoms with Crippen LogP contribution < -0.4 is 5.73 Å². The van der Waals surface area contributed by atoms with Gasteiger partial charge in [0.1, 0.15) is 11.8 Å². The number of ether oxygens (including phenoxy) is 1. The van der Waals surface area contributed by atoms with Crippen molar-refractivity contribution < 1.29 is 9.53 Å². The first-order valence-electron chi connectivity index (χ1n) is 11.8. The Balaban J connectivity index is 1.44. The van der Waals surface area contributed by atoms with E-state index >= 15 is 0 Å². The summed E-state index contributed by atoms with van der Waals surface area (Å²) in [4.78, 5) is 18.3. The molecule has 0 spiro atoms. The zero-order chi connectivity index (χ0) is 23.1. The summed E-state index contributed by atoms with van der Waals surface area (Å²) in [7, 11) is 0. The number of hydrogen-bond acceptors (Lipinski definition) is 6. The van der Waals surface area contributed by atoms with Crippen LogP contribution in [0.5, 0.6) is 0 Å². The zero-order valence-corrected chi connectivity index (χ0v) is 18.9. The van der Waals surface area contributed by atoms with Crippen molar-refractivity contribution in [1.29, 1.82) is 0 Å². The van der Waals surface area contributed by atoms with Crippen LogP contribution in [0.2, 0.25) is 0 Å². The van der Waals surface area contributed by atoms with Crippen LogP contribution in [0.1, 0.15) is 37.3 Å². The Morgan fingerprint density at radius 1 is 1.09 bits per heavy atom. The van der Waals surface area contributed by atoms with Crippen LogP contribution in [-0.2, 0) is 16.1 Å². The van der Waals surface area contributed by atoms with Crippen LogP contribution in [0.4, 0.5) is 5.82 Å². The van der Waals surface area contributed by atoms with Crippen LogP contribution >= 0.6 is 0 Å². The van der Waals surface area contributed by atoms with Crippen molar-refractivity contribution in [3.8, 4) is 22.5 Å². The van der Waals surface area contributed by atoms with Gasteiger partial charge in [0.25, 0.3) is 0 Å². The number of carbonyl (C=O) groups is 1. The lowest BCUT2D eigenvalue weighted by Crippen LogP contribution is -2.23. The lowest BCUT2D eigenvalue weighted by atomic mass is 10.1. The lowest BCUT2D eigenvalue weighted by Gasteiger charge is -2.24. The van der Waals surface area contributed by atoms with Crippen molar-refractivity contribution >= 4 is 17.2 Å². The molecule has 2 N–H and O–H groups in total. The van der Waals surface area contributed by atoms with E-state index in [1.807, 2.05) is 27.7 Å². The second-order valence-electron chi connectivity index (χ2n) is 8.97. The van der Waals surface area contributed by atoms with Crippen molar-refractivity contribution in [2.45, 2.75) is 38.3 Å². The number of amides is 1. The molecule has 0 saturated carbocycles. The number of nitrogens with two attached hydrogens (primary N) is 1. The summed E-state index contributed by atoms with van der Waals surface area (Å²) in [5.41, 5.74) is 12.1. The van der Waals surface area contributed by atoms with E-state index in [-0.39, 0.29) is 11.9 Å². The van der Waals surface area contributed by atoms with E-state index in [1.54, 1.807) is 0 Å².